The zero-order valence-corrected chi connectivity index (χ0v) is 15.1. The van der Waals surface area contributed by atoms with E-state index >= 15 is 0 Å². The molecule has 23 heavy (non-hydrogen) atoms. The van der Waals surface area contributed by atoms with Gasteiger partial charge in [0.1, 0.15) is 5.75 Å². The van der Waals surface area contributed by atoms with Gasteiger partial charge in [0, 0.05) is 0 Å². The van der Waals surface area contributed by atoms with Crippen molar-refractivity contribution in [3.63, 3.8) is 0 Å². The lowest BCUT2D eigenvalue weighted by Gasteiger charge is -2.18. The van der Waals surface area contributed by atoms with Crippen LogP contribution in [0.3, 0.4) is 0 Å². The molecule has 0 saturated carbocycles. The van der Waals surface area contributed by atoms with Gasteiger partial charge >= 0.3 is 10.4 Å². The lowest BCUT2D eigenvalue weighted by atomic mass is 9.89. The second-order valence-electron chi connectivity index (χ2n) is 6.18. The molecule has 1 N–H and O–H groups in total. The Hall–Kier alpha value is -1.07. The van der Waals surface area contributed by atoms with E-state index in [0.717, 1.165) is 31.2 Å². The summed E-state index contributed by atoms with van der Waals surface area (Å²) < 4.78 is 35.6. The Bertz CT molecular complexity index is 540. The molecular weight excluding hydrogens is 312 g/mol. The molecule has 0 heterocycles. The fourth-order valence-corrected chi connectivity index (χ4v) is 3.27. The molecule has 1 aromatic carbocycles. The van der Waals surface area contributed by atoms with Gasteiger partial charge in [-0.05, 0) is 24.0 Å². The van der Waals surface area contributed by atoms with Crippen LogP contribution in [0.25, 0.3) is 0 Å². The molecule has 132 valence electrons. The molecule has 1 unspecified atom stereocenters. The predicted molar refractivity (Wildman–Crippen MR) is 94.1 cm³/mol. The molecule has 0 aromatic heterocycles. The van der Waals surface area contributed by atoms with Gasteiger partial charge in [0.05, 0.1) is 0 Å². The Balaban J connectivity index is 2.73. The molecule has 0 bridgehead atoms. The van der Waals surface area contributed by atoms with E-state index in [9.17, 15) is 8.42 Å². The second kappa shape index (κ2) is 10.7. The van der Waals surface area contributed by atoms with Crippen LogP contribution in [0, 0.1) is 5.92 Å². The summed E-state index contributed by atoms with van der Waals surface area (Å²) in [7, 11) is -4.48. The molecule has 4 nitrogen and oxygen atoms in total. The highest BCUT2D eigenvalue weighted by Crippen LogP contribution is 2.27. The van der Waals surface area contributed by atoms with Crippen LogP contribution >= 0.6 is 0 Å². The molecule has 0 radical (unpaired) electrons. The largest absolute Gasteiger partial charge is 0.446 e. The van der Waals surface area contributed by atoms with E-state index in [1.807, 2.05) is 12.1 Å². The monoisotopic (exact) mass is 342 g/mol. The van der Waals surface area contributed by atoms with Crippen LogP contribution in [-0.4, -0.2) is 13.0 Å². The summed E-state index contributed by atoms with van der Waals surface area (Å²) in [6, 6.07) is 7.06. The van der Waals surface area contributed by atoms with E-state index in [0.29, 0.717) is 5.92 Å². The van der Waals surface area contributed by atoms with Crippen molar-refractivity contribution in [3.05, 3.63) is 29.8 Å². The molecule has 1 atom stereocenters. The van der Waals surface area contributed by atoms with Crippen molar-refractivity contribution in [2.24, 2.45) is 5.92 Å². The first kappa shape index (κ1) is 20.0. The summed E-state index contributed by atoms with van der Waals surface area (Å²) in [6.07, 6.45) is 10.4. The second-order valence-corrected chi connectivity index (χ2v) is 7.20. The quantitative estimate of drug-likeness (QED) is 0.419. The Morgan fingerprint density at radius 2 is 1.65 bits per heavy atom. The van der Waals surface area contributed by atoms with Gasteiger partial charge in [0.15, 0.2) is 0 Å². The van der Waals surface area contributed by atoms with Gasteiger partial charge in [-0.25, -0.2) is 0 Å². The van der Waals surface area contributed by atoms with Crippen LogP contribution < -0.4 is 4.18 Å². The zero-order chi connectivity index (χ0) is 17.1. The maximum absolute atomic E-state index is 11.0. The molecular formula is C18H30O4S. The normalized spacial score (nSPS) is 13.0. The number of para-hydroxylation sites is 1. The molecule has 0 aliphatic rings. The predicted octanol–water partition coefficient (Wildman–Crippen LogP) is 5.19. The van der Waals surface area contributed by atoms with Crippen LogP contribution in [0.4, 0.5) is 0 Å². The van der Waals surface area contributed by atoms with Crippen molar-refractivity contribution in [1.82, 2.24) is 0 Å². The van der Waals surface area contributed by atoms with Gasteiger partial charge in [0.25, 0.3) is 0 Å². The lowest BCUT2D eigenvalue weighted by Crippen LogP contribution is -2.11. The molecule has 1 aromatic rings. The van der Waals surface area contributed by atoms with Crippen molar-refractivity contribution in [1.29, 1.82) is 0 Å². The van der Waals surface area contributed by atoms with E-state index in [4.69, 9.17) is 8.74 Å². The van der Waals surface area contributed by atoms with Crippen LogP contribution in [-0.2, 0) is 16.8 Å². The fraction of sp³-hybridized carbons (Fsp3) is 0.667. The number of benzene rings is 1. The fourth-order valence-electron chi connectivity index (χ4n) is 2.88. The maximum atomic E-state index is 11.0. The zero-order valence-electron chi connectivity index (χ0n) is 14.3. The summed E-state index contributed by atoms with van der Waals surface area (Å²) in [5, 5.41) is 0. The van der Waals surface area contributed by atoms with Crippen molar-refractivity contribution in [2.45, 2.75) is 71.6 Å². The summed E-state index contributed by atoms with van der Waals surface area (Å²) in [4.78, 5) is 0. The van der Waals surface area contributed by atoms with Crippen LogP contribution in [0.5, 0.6) is 5.75 Å². The third-order valence-corrected chi connectivity index (χ3v) is 4.50. The molecule has 0 amide bonds. The third kappa shape index (κ3) is 8.96. The third-order valence-electron chi connectivity index (χ3n) is 4.11. The van der Waals surface area contributed by atoms with Crippen molar-refractivity contribution >= 4 is 10.4 Å². The first-order valence-corrected chi connectivity index (χ1v) is 10.1. The van der Waals surface area contributed by atoms with Crippen LogP contribution in [0.1, 0.15) is 70.8 Å². The average Bonchev–Trinajstić information content (AvgIpc) is 2.49. The number of hydrogen-bond donors (Lipinski definition) is 1. The van der Waals surface area contributed by atoms with Crippen LogP contribution in [0.15, 0.2) is 24.3 Å². The Morgan fingerprint density at radius 1 is 1.00 bits per heavy atom. The topological polar surface area (TPSA) is 63.6 Å². The van der Waals surface area contributed by atoms with E-state index in [1.165, 1.54) is 32.1 Å². The SMILES string of the molecule is CCCCCCC(CCCC)Cc1ccccc1OS(=O)(=O)O. The van der Waals surface area contributed by atoms with Gasteiger partial charge < -0.3 is 4.18 Å². The number of unbranched alkanes of at least 4 members (excludes halogenated alkanes) is 4. The van der Waals surface area contributed by atoms with Gasteiger partial charge in [0.2, 0.25) is 0 Å². The van der Waals surface area contributed by atoms with E-state index in [1.54, 1.807) is 12.1 Å². The Labute approximate surface area is 141 Å². The van der Waals surface area contributed by atoms with E-state index in [-0.39, 0.29) is 5.75 Å². The highest BCUT2D eigenvalue weighted by atomic mass is 32.3. The minimum Gasteiger partial charge on any atom is -0.362 e. The van der Waals surface area contributed by atoms with Crippen molar-refractivity contribution in [3.8, 4) is 5.75 Å². The molecule has 1 rings (SSSR count). The average molecular weight is 343 g/mol. The molecule has 0 aliphatic carbocycles. The maximum Gasteiger partial charge on any atom is 0.446 e. The highest BCUT2D eigenvalue weighted by molar-refractivity contribution is 7.81. The molecule has 5 heteroatoms. The standard InChI is InChI=1S/C18H30O4S/c1-3-5-7-8-12-16(11-6-4-2)15-17-13-9-10-14-18(17)22-23(19,20)21/h9-10,13-14,16H,3-8,11-12,15H2,1-2H3,(H,19,20,21). The summed E-state index contributed by atoms with van der Waals surface area (Å²) >= 11 is 0. The minimum absolute atomic E-state index is 0.241. The summed E-state index contributed by atoms with van der Waals surface area (Å²) in [5.41, 5.74) is 0.849. The van der Waals surface area contributed by atoms with Gasteiger partial charge in [-0.3, -0.25) is 4.55 Å². The summed E-state index contributed by atoms with van der Waals surface area (Å²) in [5.74, 6) is 0.767. The highest BCUT2D eigenvalue weighted by Gasteiger charge is 2.15. The van der Waals surface area contributed by atoms with E-state index < -0.39 is 10.4 Å². The smallest absolute Gasteiger partial charge is 0.362 e. The Kier molecular flexibility index (Phi) is 9.26. The lowest BCUT2D eigenvalue weighted by molar-refractivity contribution is 0.377. The number of hydrogen-bond acceptors (Lipinski definition) is 3. The molecule has 0 spiro atoms. The Morgan fingerprint density at radius 3 is 2.30 bits per heavy atom. The summed E-state index contributed by atoms with van der Waals surface area (Å²) in [6.45, 7) is 4.39. The molecule has 0 fully saturated rings. The van der Waals surface area contributed by atoms with Crippen LogP contribution in [0.2, 0.25) is 0 Å². The first-order valence-electron chi connectivity index (χ1n) is 8.71. The van der Waals surface area contributed by atoms with Gasteiger partial charge in [-0.15, -0.1) is 0 Å². The van der Waals surface area contributed by atoms with Gasteiger partial charge in [-0.1, -0.05) is 83.4 Å². The van der Waals surface area contributed by atoms with E-state index in [2.05, 4.69) is 13.8 Å². The van der Waals surface area contributed by atoms with Crippen molar-refractivity contribution < 1.29 is 17.2 Å². The minimum atomic E-state index is -4.48. The van der Waals surface area contributed by atoms with Gasteiger partial charge in [-0.2, -0.15) is 8.42 Å². The molecule has 0 saturated heterocycles. The first-order chi connectivity index (χ1) is 11.0. The van der Waals surface area contributed by atoms with Crippen molar-refractivity contribution in [2.75, 3.05) is 0 Å². The number of rotatable bonds is 12. The molecule has 0 aliphatic heterocycles.